The van der Waals surface area contributed by atoms with Gasteiger partial charge >= 0.3 is 11.7 Å². The molecule has 0 atom stereocenters. The van der Waals surface area contributed by atoms with E-state index in [9.17, 15) is 0 Å². The van der Waals surface area contributed by atoms with Crippen molar-refractivity contribution in [1.29, 1.82) is 0 Å². The summed E-state index contributed by atoms with van der Waals surface area (Å²) in [5, 5.41) is 4.75. The molecule has 0 fully saturated rings. The van der Waals surface area contributed by atoms with Crippen LogP contribution in [-0.4, -0.2) is 20.1 Å². The molecule has 7 aromatic carbocycles. The standard InChI is InChI=1S/C64H63N5O/c1-61(2,3)41-31-32-65-59(36-41)69-56-30-27-45(68-54-24-15-13-21-49(54)50-22-14-16-25-55(50)68)38-52(56)51-29-28-48(39-58(51)69)70-47-20-17-19-44(37-47)66-40-67(60-53(64(10,11)12)23-18-26-57(60)66)46-34-42(62(4,5)6)33-43(35-46)63(7,8)9/h13-39H,1-12H3/q+2. The zero-order chi connectivity index (χ0) is 49.1. The van der Waals surface area contributed by atoms with Gasteiger partial charge in [0.25, 0.3) is 5.69 Å². The molecular weight excluding hydrogens is 855 g/mol. The normalized spacial score (nSPS) is 13.4. The van der Waals surface area contributed by atoms with Crippen molar-refractivity contribution in [3.63, 3.8) is 0 Å². The average molecular weight is 918 g/mol. The first-order valence-electron chi connectivity index (χ1n) is 24.7. The van der Waals surface area contributed by atoms with Crippen LogP contribution in [-0.2, 0) is 21.7 Å². The third kappa shape index (κ3) is 7.72. The monoisotopic (exact) mass is 918 g/mol. The van der Waals surface area contributed by atoms with Crippen LogP contribution in [0.1, 0.15) is 105 Å². The minimum Gasteiger partial charge on any atom is -0.457 e. The van der Waals surface area contributed by atoms with Crippen molar-refractivity contribution in [3.8, 4) is 23.0 Å². The molecule has 0 aliphatic carbocycles. The van der Waals surface area contributed by atoms with Crippen molar-refractivity contribution in [2.75, 3.05) is 0 Å². The number of nitrogens with zero attached hydrogens (tertiary/aromatic N) is 5. The maximum atomic E-state index is 6.91. The molecule has 0 saturated carbocycles. The number of hydrogen-bond donors (Lipinski definition) is 0. The number of fused-ring (bicyclic) bond motifs is 7. The van der Waals surface area contributed by atoms with Gasteiger partial charge in [0.15, 0.2) is 0 Å². The molecule has 0 N–H and O–H groups in total. The first-order valence-corrected chi connectivity index (χ1v) is 24.7. The van der Waals surface area contributed by atoms with E-state index >= 15 is 0 Å². The molecule has 1 aliphatic rings. The van der Waals surface area contributed by atoms with E-state index in [-0.39, 0.29) is 21.7 Å². The summed E-state index contributed by atoms with van der Waals surface area (Å²) in [6, 6.07) is 61.0. The van der Waals surface area contributed by atoms with E-state index in [0.29, 0.717) is 0 Å². The molecule has 1 aliphatic heterocycles. The van der Waals surface area contributed by atoms with Crippen LogP contribution in [0, 0.1) is 0 Å². The van der Waals surface area contributed by atoms with Crippen LogP contribution < -0.4 is 13.9 Å². The van der Waals surface area contributed by atoms with Gasteiger partial charge in [-0.2, -0.15) is 0 Å². The number of ether oxygens (including phenoxy) is 1. The smallest absolute Gasteiger partial charge is 0.457 e. The third-order valence-corrected chi connectivity index (χ3v) is 14.1. The van der Waals surface area contributed by atoms with E-state index in [1.807, 2.05) is 12.3 Å². The van der Waals surface area contributed by atoms with E-state index in [1.165, 1.54) is 44.1 Å². The Morgan fingerprint density at radius 2 is 1.04 bits per heavy atom. The van der Waals surface area contributed by atoms with Crippen molar-refractivity contribution >= 4 is 72.4 Å². The van der Waals surface area contributed by atoms with E-state index in [4.69, 9.17) is 9.72 Å². The fourth-order valence-corrected chi connectivity index (χ4v) is 10.2. The minimum absolute atomic E-state index is 0.0335. The third-order valence-electron chi connectivity index (χ3n) is 14.1. The highest BCUT2D eigenvalue weighted by molar-refractivity contribution is 6.12. The Labute approximate surface area is 412 Å². The molecule has 0 radical (unpaired) electrons. The molecule has 11 rings (SSSR count). The van der Waals surface area contributed by atoms with Gasteiger partial charge in [0.1, 0.15) is 17.3 Å². The van der Waals surface area contributed by atoms with Crippen molar-refractivity contribution < 1.29 is 4.74 Å². The second kappa shape index (κ2) is 16.0. The lowest BCUT2D eigenvalue weighted by molar-refractivity contribution is 0.483. The van der Waals surface area contributed by atoms with E-state index < -0.39 is 0 Å². The molecule has 70 heavy (non-hydrogen) atoms. The molecule has 0 bridgehead atoms. The lowest BCUT2D eigenvalue weighted by Crippen LogP contribution is -2.18. The predicted molar refractivity (Wildman–Crippen MR) is 295 cm³/mol. The maximum absolute atomic E-state index is 6.91. The van der Waals surface area contributed by atoms with Gasteiger partial charge in [-0.15, -0.1) is 0 Å². The fourth-order valence-electron chi connectivity index (χ4n) is 10.2. The molecule has 0 amide bonds. The van der Waals surface area contributed by atoms with Crippen LogP contribution >= 0.6 is 0 Å². The van der Waals surface area contributed by atoms with E-state index in [0.717, 1.165) is 67.6 Å². The summed E-state index contributed by atoms with van der Waals surface area (Å²) in [6.07, 6.45) is 1.94. The molecule has 4 heterocycles. The molecule has 6 nitrogen and oxygen atoms in total. The summed E-state index contributed by atoms with van der Waals surface area (Å²) in [7, 11) is 0. The quantitative estimate of drug-likeness (QED) is 0.156. The Kier molecular flexibility index (Phi) is 10.3. The molecule has 0 saturated heterocycles. The van der Waals surface area contributed by atoms with Gasteiger partial charge < -0.3 is 9.30 Å². The summed E-state index contributed by atoms with van der Waals surface area (Å²) in [5.74, 6) is 2.35. The lowest BCUT2D eigenvalue weighted by atomic mass is 9.80. The van der Waals surface area contributed by atoms with E-state index in [1.54, 1.807) is 0 Å². The molecular formula is C64H63N5O+2. The Morgan fingerprint density at radius 3 is 1.70 bits per heavy atom. The lowest BCUT2D eigenvalue weighted by Gasteiger charge is -2.25. The van der Waals surface area contributed by atoms with Crippen LogP contribution in [0.2, 0.25) is 0 Å². The van der Waals surface area contributed by atoms with Crippen LogP contribution in [0.15, 0.2) is 164 Å². The molecule has 0 spiro atoms. The van der Waals surface area contributed by atoms with Gasteiger partial charge in [0, 0.05) is 69.3 Å². The highest BCUT2D eigenvalue weighted by Crippen LogP contribution is 2.45. The number of rotatable bonds is 6. The second-order valence-corrected chi connectivity index (χ2v) is 23.3. The number of aromatic nitrogens is 3. The number of para-hydroxylation sites is 3. The van der Waals surface area contributed by atoms with Gasteiger partial charge in [0.2, 0.25) is 11.4 Å². The summed E-state index contributed by atoms with van der Waals surface area (Å²) in [5.41, 5.74) is 14.7. The summed E-state index contributed by atoms with van der Waals surface area (Å²) >= 11 is 0. The first kappa shape index (κ1) is 44.9. The minimum atomic E-state index is -0.113. The Morgan fingerprint density at radius 1 is 0.429 bits per heavy atom. The van der Waals surface area contributed by atoms with Gasteiger partial charge in [0.05, 0.1) is 28.1 Å². The van der Waals surface area contributed by atoms with Gasteiger partial charge in [-0.1, -0.05) is 144 Å². The molecule has 3 aromatic heterocycles. The largest absolute Gasteiger partial charge is 0.503 e. The highest BCUT2D eigenvalue weighted by atomic mass is 16.5. The Hall–Kier alpha value is -7.53. The molecule has 348 valence electrons. The first-order chi connectivity index (χ1) is 33.2. The summed E-state index contributed by atoms with van der Waals surface area (Å²) < 4.78 is 16.1. The predicted octanol–water partition coefficient (Wildman–Crippen LogP) is 17.1. The molecule has 10 aromatic rings. The second-order valence-electron chi connectivity index (χ2n) is 23.3. The maximum Gasteiger partial charge on any atom is 0.503 e. The van der Waals surface area contributed by atoms with Crippen LogP contribution in [0.5, 0.6) is 11.5 Å². The number of hydrogen-bond acceptors (Lipinski definition) is 2. The van der Waals surface area contributed by atoms with Crippen molar-refractivity contribution in [1.82, 2.24) is 23.3 Å². The fraction of sp³-hybridized carbons (Fsp3) is 0.250. The topological polar surface area (TPSA) is 38.0 Å². The zero-order valence-corrected chi connectivity index (χ0v) is 42.7. The van der Waals surface area contributed by atoms with Crippen LogP contribution in [0.3, 0.4) is 0 Å². The van der Waals surface area contributed by atoms with Crippen molar-refractivity contribution in [2.45, 2.75) is 105 Å². The number of pyridine rings is 1. The SMILES string of the molecule is CC(C)(C)c1cc([N+]2=C=[N+](c3cccc(Oc4ccc5c6cc(-n7c8ccccc8c8ccccc87)ccc6n(-c6cc(C(C)(C)C)ccn6)c5c4)c3)c3cccc(C(C)(C)C)c32)cc(C(C)(C)C)c1. The summed E-state index contributed by atoms with van der Waals surface area (Å²) in [6.45, 7) is 27.4. The van der Waals surface area contributed by atoms with Gasteiger partial charge in [-0.3, -0.25) is 4.57 Å². The van der Waals surface area contributed by atoms with Crippen molar-refractivity contribution in [3.05, 3.63) is 186 Å². The number of benzene rings is 7. The molecule has 6 heteroatoms. The van der Waals surface area contributed by atoms with Crippen LogP contribution in [0.25, 0.3) is 55.1 Å². The van der Waals surface area contributed by atoms with Crippen molar-refractivity contribution in [2.24, 2.45) is 0 Å². The van der Waals surface area contributed by atoms with E-state index in [2.05, 4.69) is 259 Å². The average Bonchev–Trinajstić information content (AvgIpc) is 3.98. The van der Waals surface area contributed by atoms with Crippen LogP contribution in [0.4, 0.5) is 22.7 Å². The van der Waals surface area contributed by atoms with Gasteiger partial charge in [-0.05, 0) is 108 Å². The Balaban J connectivity index is 1.05. The van der Waals surface area contributed by atoms with Gasteiger partial charge in [-0.25, -0.2) is 4.98 Å². The summed E-state index contributed by atoms with van der Waals surface area (Å²) in [4.78, 5) is 5.02. The Bertz CT molecular complexity index is 3740. The highest BCUT2D eigenvalue weighted by Gasteiger charge is 2.42. The zero-order valence-electron chi connectivity index (χ0n) is 42.7. The molecule has 0 unspecified atom stereocenters.